The van der Waals surface area contributed by atoms with Crippen molar-refractivity contribution < 1.29 is 14.4 Å². The lowest BCUT2D eigenvalue weighted by Crippen LogP contribution is -2.31. The van der Waals surface area contributed by atoms with Crippen LogP contribution in [0.15, 0.2) is 53.4 Å². The number of carbonyl (C=O) groups excluding carboxylic acids is 3. The first-order valence-corrected chi connectivity index (χ1v) is 8.86. The Morgan fingerprint density at radius 2 is 1.76 bits per heavy atom. The molecule has 0 aliphatic carbocycles. The molecule has 2 aromatic carbocycles. The summed E-state index contributed by atoms with van der Waals surface area (Å²) in [4.78, 5) is 38.0. The molecule has 128 valence electrons. The average Bonchev–Trinajstić information content (AvgIpc) is 2.84. The Bertz CT molecular complexity index is 821. The van der Waals surface area contributed by atoms with Gasteiger partial charge in [-0.1, -0.05) is 11.6 Å². The van der Waals surface area contributed by atoms with E-state index < -0.39 is 5.25 Å². The number of thioether (sulfide) groups is 1. The van der Waals surface area contributed by atoms with Gasteiger partial charge in [-0.15, -0.1) is 11.8 Å². The van der Waals surface area contributed by atoms with E-state index in [1.54, 1.807) is 36.4 Å². The largest absolute Gasteiger partial charge is 0.326 e. The smallest absolute Gasteiger partial charge is 0.247 e. The minimum Gasteiger partial charge on any atom is -0.326 e. The van der Waals surface area contributed by atoms with E-state index in [1.165, 1.54) is 23.6 Å². The van der Waals surface area contributed by atoms with E-state index in [0.717, 1.165) is 4.90 Å². The molecule has 0 aromatic heterocycles. The highest BCUT2D eigenvalue weighted by Gasteiger charge is 2.40. The first kappa shape index (κ1) is 17.5. The van der Waals surface area contributed by atoms with Crippen LogP contribution >= 0.6 is 23.4 Å². The quantitative estimate of drug-likeness (QED) is 0.828. The molecule has 0 bridgehead atoms. The van der Waals surface area contributed by atoms with E-state index >= 15 is 0 Å². The Labute approximate surface area is 154 Å². The zero-order chi connectivity index (χ0) is 18.0. The zero-order valence-corrected chi connectivity index (χ0v) is 14.9. The number of nitrogens with zero attached hydrogens (tertiary/aromatic N) is 1. The Kier molecular flexibility index (Phi) is 5.11. The molecule has 1 saturated heterocycles. The van der Waals surface area contributed by atoms with E-state index in [9.17, 15) is 14.4 Å². The summed E-state index contributed by atoms with van der Waals surface area (Å²) in [6.07, 6.45) is 0.152. The van der Waals surface area contributed by atoms with Gasteiger partial charge in [-0.25, -0.2) is 4.90 Å². The summed E-state index contributed by atoms with van der Waals surface area (Å²) in [5.74, 6) is -0.599. The first-order valence-electron chi connectivity index (χ1n) is 7.61. The van der Waals surface area contributed by atoms with Gasteiger partial charge in [-0.3, -0.25) is 14.4 Å². The summed E-state index contributed by atoms with van der Waals surface area (Å²) in [6, 6.07) is 13.8. The lowest BCUT2D eigenvalue weighted by atomic mass is 10.3. The molecular formula is C18H15ClN2O3S. The Balaban J connectivity index is 1.71. The SMILES string of the molecule is CC(=O)Nc1ccc(SC2CC(=O)N(c3ccc(Cl)cc3)C2=O)cc1. The van der Waals surface area contributed by atoms with Crippen LogP contribution < -0.4 is 10.2 Å². The molecule has 5 nitrogen and oxygen atoms in total. The van der Waals surface area contributed by atoms with E-state index in [2.05, 4.69) is 5.32 Å². The molecule has 3 amide bonds. The van der Waals surface area contributed by atoms with Crippen LogP contribution in [0.1, 0.15) is 13.3 Å². The van der Waals surface area contributed by atoms with Crippen molar-refractivity contribution in [2.45, 2.75) is 23.5 Å². The van der Waals surface area contributed by atoms with Gasteiger partial charge in [-0.2, -0.15) is 0 Å². The molecule has 1 fully saturated rings. The number of anilines is 2. The van der Waals surface area contributed by atoms with Gasteiger partial charge < -0.3 is 5.32 Å². The number of amides is 3. The monoisotopic (exact) mass is 374 g/mol. The number of halogens is 1. The van der Waals surface area contributed by atoms with E-state index in [1.807, 2.05) is 12.1 Å². The summed E-state index contributed by atoms with van der Waals surface area (Å²) >= 11 is 7.19. The van der Waals surface area contributed by atoms with Crippen molar-refractivity contribution in [1.29, 1.82) is 0 Å². The minimum absolute atomic E-state index is 0.143. The second-order valence-corrected chi connectivity index (χ2v) is 7.27. The molecule has 0 spiro atoms. The number of hydrogen-bond acceptors (Lipinski definition) is 4. The molecule has 0 radical (unpaired) electrons. The van der Waals surface area contributed by atoms with Gasteiger partial charge in [0, 0.05) is 29.0 Å². The highest BCUT2D eigenvalue weighted by molar-refractivity contribution is 8.00. The first-order chi connectivity index (χ1) is 11.9. The van der Waals surface area contributed by atoms with Crippen molar-refractivity contribution in [3.8, 4) is 0 Å². The molecule has 1 aliphatic heterocycles. The van der Waals surface area contributed by atoms with Gasteiger partial charge >= 0.3 is 0 Å². The maximum absolute atomic E-state index is 12.6. The van der Waals surface area contributed by atoms with Crippen LogP contribution in [-0.4, -0.2) is 23.0 Å². The summed E-state index contributed by atoms with van der Waals surface area (Å²) in [7, 11) is 0. The van der Waals surface area contributed by atoms with Gasteiger partial charge in [0.25, 0.3) is 0 Å². The van der Waals surface area contributed by atoms with Crippen LogP contribution in [0.2, 0.25) is 5.02 Å². The van der Waals surface area contributed by atoms with Crippen LogP contribution in [0.25, 0.3) is 0 Å². The molecule has 7 heteroatoms. The Morgan fingerprint density at radius 3 is 2.36 bits per heavy atom. The Hall–Kier alpha value is -2.31. The third-order valence-electron chi connectivity index (χ3n) is 3.64. The number of imide groups is 1. The topological polar surface area (TPSA) is 66.5 Å². The van der Waals surface area contributed by atoms with Gasteiger partial charge in [0.2, 0.25) is 17.7 Å². The highest BCUT2D eigenvalue weighted by atomic mass is 35.5. The summed E-state index contributed by atoms with van der Waals surface area (Å²) < 4.78 is 0. The molecule has 25 heavy (non-hydrogen) atoms. The van der Waals surface area contributed by atoms with Gasteiger partial charge in [-0.05, 0) is 48.5 Å². The molecule has 1 atom stereocenters. The van der Waals surface area contributed by atoms with Gasteiger partial charge in [0.05, 0.1) is 10.9 Å². The highest BCUT2D eigenvalue weighted by Crippen LogP contribution is 2.34. The number of benzene rings is 2. The maximum atomic E-state index is 12.6. The van der Waals surface area contributed by atoms with Crippen LogP contribution in [0.3, 0.4) is 0 Å². The Morgan fingerprint density at radius 1 is 1.12 bits per heavy atom. The zero-order valence-electron chi connectivity index (χ0n) is 13.4. The molecule has 3 rings (SSSR count). The van der Waals surface area contributed by atoms with Crippen LogP contribution in [0, 0.1) is 0 Å². The van der Waals surface area contributed by atoms with E-state index in [4.69, 9.17) is 11.6 Å². The van der Waals surface area contributed by atoms with Gasteiger partial charge in [0.1, 0.15) is 0 Å². The summed E-state index contributed by atoms with van der Waals surface area (Å²) in [5.41, 5.74) is 1.22. The fourth-order valence-electron chi connectivity index (χ4n) is 2.54. The van der Waals surface area contributed by atoms with Crippen LogP contribution in [0.5, 0.6) is 0 Å². The lowest BCUT2D eigenvalue weighted by molar-refractivity contribution is -0.121. The fraction of sp³-hybridized carbons (Fsp3) is 0.167. The van der Waals surface area contributed by atoms with Crippen molar-refractivity contribution in [2.75, 3.05) is 10.2 Å². The number of rotatable bonds is 4. The van der Waals surface area contributed by atoms with Crippen molar-refractivity contribution >= 4 is 52.5 Å². The third kappa shape index (κ3) is 4.03. The average molecular weight is 375 g/mol. The maximum Gasteiger partial charge on any atom is 0.247 e. The predicted molar refractivity (Wildman–Crippen MR) is 99.0 cm³/mol. The van der Waals surface area contributed by atoms with Crippen molar-refractivity contribution in [1.82, 2.24) is 0 Å². The molecule has 1 heterocycles. The standard InChI is InChI=1S/C18H15ClN2O3S/c1-11(22)20-13-4-8-15(9-5-13)25-16-10-17(23)21(18(16)24)14-6-2-12(19)3-7-14/h2-9,16H,10H2,1H3,(H,20,22). The van der Waals surface area contributed by atoms with E-state index in [0.29, 0.717) is 16.4 Å². The second-order valence-electron chi connectivity index (χ2n) is 5.56. The molecular weight excluding hydrogens is 360 g/mol. The number of nitrogens with one attached hydrogen (secondary N) is 1. The molecule has 2 aromatic rings. The predicted octanol–water partition coefficient (Wildman–Crippen LogP) is 3.72. The van der Waals surface area contributed by atoms with Crippen LogP contribution in [-0.2, 0) is 14.4 Å². The van der Waals surface area contributed by atoms with Crippen molar-refractivity contribution in [3.63, 3.8) is 0 Å². The summed E-state index contributed by atoms with van der Waals surface area (Å²) in [6.45, 7) is 1.44. The van der Waals surface area contributed by atoms with E-state index in [-0.39, 0.29) is 24.1 Å². The molecule has 1 unspecified atom stereocenters. The number of hydrogen-bond donors (Lipinski definition) is 1. The van der Waals surface area contributed by atoms with Crippen LogP contribution in [0.4, 0.5) is 11.4 Å². The molecule has 1 N–H and O–H groups in total. The lowest BCUT2D eigenvalue weighted by Gasteiger charge is -2.15. The van der Waals surface area contributed by atoms with Crippen molar-refractivity contribution in [2.24, 2.45) is 0 Å². The molecule has 1 aliphatic rings. The third-order valence-corrected chi connectivity index (χ3v) is 5.09. The molecule has 0 saturated carbocycles. The summed E-state index contributed by atoms with van der Waals surface area (Å²) in [5, 5.41) is 2.77. The normalized spacial score (nSPS) is 17.0. The second kappa shape index (κ2) is 7.29. The number of carbonyl (C=O) groups is 3. The van der Waals surface area contributed by atoms with Gasteiger partial charge in [0.15, 0.2) is 0 Å². The minimum atomic E-state index is -0.463. The fourth-order valence-corrected chi connectivity index (χ4v) is 3.72. The van der Waals surface area contributed by atoms with Crippen molar-refractivity contribution in [3.05, 3.63) is 53.6 Å².